The van der Waals surface area contributed by atoms with Gasteiger partial charge in [-0.2, -0.15) is 10.2 Å². The topological polar surface area (TPSA) is 73.4 Å². The molecule has 2 aromatic rings. The molecule has 0 saturated carbocycles. The fourth-order valence-electron chi connectivity index (χ4n) is 2.44. The van der Waals surface area contributed by atoms with Crippen molar-refractivity contribution in [3.63, 3.8) is 0 Å². The Balaban J connectivity index is 1.94. The number of hydrogen-bond donors (Lipinski definition) is 2. The molecule has 2 rings (SSSR count). The molecule has 24 heavy (non-hydrogen) atoms. The summed E-state index contributed by atoms with van der Waals surface area (Å²) < 4.78 is 0. The van der Waals surface area contributed by atoms with Crippen molar-refractivity contribution in [1.82, 2.24) is 15.6 Å². The SMILES string of the molecule is CCCN(CCC)c1ccc(/C=N/NC(=O)c2cc(C)[nH]n2)cc1. The number of carbonyl (C=O) groups excluding carboxylic acids is 1. The van der Waals surface area contributed by atoms with Crippen LogP contribution in [0.25, 0.3) is 0 Å². The molecule has 0 spiro atoms. The highest BCUT2D eigenvalue weighted by atomic mass is 16.2. The van der Waals surface area contributed by atoms with Gasteiger partial charge in [0, 0.05) is 24.5 Å². The third-order valence-electron chi connectivity index (χ3n) is 3.56. The number of hydrazone groups is 1. The second-order valence-corrected chi connectivity index (χ2v) is 5.71. The molecule has 128 valence electrons. The molecule has 0 bridgehead atoms. The van der Waals surface area contributed by atoms with E-state index in [-0.39, 0.29) is 5.91 Å². The number of benzene rings is 1. The van der Waals surface area contributed by atoms with Crippen molar-refractivity contribution in [1.29, 1.82) is 0 Å². The molecular formula is C18H25N5O. The predicted molar refractivity (Wildman–Crippen MR) is 97.6 cm³/mol. The van der Waals surface area contributed by atoms with Crippen LogP contribution >= 0.6 is 0 Å². The molecule has 1 amide bonds. The van der Waals surface area contributed by atoms with Crippen molar-refractivity contribution >= 4 is 17.8 Å². The maximum Gasteiger partial charge on any atom is 0.291 e. The molecule has 0 atom stereocenters. The molecular weight excluding hydrogens is 302 g/mol. The molecule has 1 heterocycles. The van der Waals surface area contributed by atoms with Crippen LogP contribution in [0.2, 0.25) is 0 Å². The zero-order valence-electron chi connectivity index (χ0n) is 14.5. The van der Waals surface area contributed by atoms with Gasteiger partial charge in [-0.05, 0) is 43.5 Å². The van der Waals surface area contributed by atoms with E-state index in [0.29, 0.717) is 5.69 Å². The minimum atomic E-state index is -0.329. The highest BCUT2D eigenvalue weighted by molar-refractivity contribution is 5.93. The number of nitrogens with zero attached hydrogens (tertiary/aromatic N) is 3. The number of aromatic nitrogens is 2. The first-order valence-electron chi connectivity index (χ1n) is 8.34. The first kappa shape index (κ1) is 17.7. The summed E-state index contributed by atoms with van der Waals surface area (Å²) in [5.41, 5.74) is 5.79. The lowest BCUT2D eigenvalue weighted by molar-refractivity contribution is 0.0950. The number of carbonyl (C=O) groups is 1. The lowest BCUT2D eigenvalue weighted by atomic mass is 10.2. The largest absolute Gasteiger partial charge is 0.372 e. The molecule has 1 aromatic carbocycles. The fraction of sp³-hybridized carbons (Fsp3) is 0.389. The number of hydrogen-bond acceptors (Lipinski definition) is 4. The Morgan fingerprint density at radius 2 is 1.92 bits per heavy atom. The van der Waals surface area contributed by atoms with E-state index in [1.807, 2.05) is 19.1 Å². The number of aromatic amines is 1. The van der Waals surface area contributed by atoms with Gasteiger partial charge in [-0.3, -0.25) is 9.89 Å². The summed E-state index contributed by atoms with van der Waals surface area (Å²) in [6, 6.07) is 9.86. The summed E-state index contributed by atoms with van der Waals surface area (Å²) >= 11 is 0. The van der Waals surface area contributed by atoms with E-state index in [4.69, 9.17) is 0 Å². The second-order valence-electron chi connectivity index (χ2n) is 5.71. The Morgan fingerprint density at radius 1 is 1.25 bits per heavy atom. The third-order valence-corrected chi connectivity index (χ3v) is 3.56. The quantitative estimate of drug-likeness (QED) is 0.578. The number of amides is 1. The van der Waals surface area contributed by atoms with E-state index < -0.39 is 0 Å². The number of anilines is 1. The summed E-state index contributed by atoms with van der Waals surface area (Å²) in [5.74, 6) is -0.329. The van der Waals surface area contributed by atoms with Crippen molar-refractivity contribution in [2.75, 3.05) is 18.0 Å². The molecule has 0 aliphatic heterocycles. The molecule has 2 N–H and O–H groups in total. The molecule has 0 saturated heterocycles. The Kier molecular flexibility index (Phi) is 6.54. The van der Waals surface area contributed by atoms with Crippen LogP contribution in [0.4, 0.5) is 5.69 Å². The van der Waals surface area contributed by atoms with Crippen LogP contribution in [-0.4, -0.2) is 35.4 Å². The standard InChI is InChI=1S/C18H25N5O/c1-4-10-23(11-5-2)16-8-6-15(7-9-16)13-19-22-18(24)17-12-14(3)20-21-17/h6-9,12-13H,4-5,10-11H2,1-3H3,(H,20,21)(H,22,24)/b19-13+. The van der Waals surface area contributed by atoms with Crippen molar-refractivity contribution in [3.05, 3.63) is 47.3 Å². The van der Waals surface area contributed by atoms with Crippen molar-refractivity contribution in [2.24, 2.45) is 5.10 Å². The summed E-state index contributed by atoms with van der Waals surface area (Å²) in [5, 5.41) is 10.6. The van der Waals surface area contributed by atoms with Gasteiger partial charge in [0.15, 0.2) is 5.69 Å². The fourth-order valence-corrected chi connectivity index (χ4v) is 2.44. The van der Waals surface area contributed by atoms with Gasteiger partial charge in [0.1, 0.15) is 0 Å². The third kappa shape index (κ3) is 4.94. The lowest BCUT2D eigenvalue weighted by Crippen LogP contribution is -2.24. The van der Waals surface area contributed by atoms with Gasteiger partial charge < -0.3 is 4.90 Å². The first-order valence-corrected chi connectivity index (χ1v) is 8.34. The van der Waals surface area contributed by atoms with E-state index in [9.17, 15) is 4.79 Å². The summed E-state index contributed by atoms with van der Waals surface area (Å²) in [6.07, 6.45) is 3.88. The Bertz CT molecular complexity index is 669. The van der Waals surface area contributed by atoms with Gasteiger partial charge in [0.25, 0.3) is 5.91 Å². The zero-order valence-corrected chi connectivity index (χ0v) is 14.5. The molecule has 0 aliphatic rings. The van der Waals surface area contributed by atoms with E-state index in [1.54, 1.807) is 12.3 Å². The van der Waals surface area contributed by atoms with Crippen LogP contribution in [0, 0.1) is 6.92 Å². The predicted octanol–water partition coefficient (Wildman–Crippen LogP) is 3.11. The molecule has 6 nitrogen and oxygen atoms in total. The number of nitrogens with one attached hydrogen (secondary N) is 2. The van der Waals surface area contributed by atoms with Gasteiger partial charge in [0.2, 0.25) is 0 Å². The summed E-state index contributed by atoms with van der Waals surface area (Å²) in [4.78, 5) is 14.2. The van der Waals surface area contributed by atoms with E-state index in [2.05, 4.69) is 51.6 Å². The smallest absolute Gasteiger partial charge is 0.291 e. The van der Waals surface area contributed by atoms with Crippen LogP contribution in [0.3, 0.4) is 0 Å². The Labute approximate surface area is 143 Å². The molecule has 0 unspecified atom stereocenters. The van der Waals surface area contributed by atoms with Gasteiger partial charge in [-0.1, -0.05) is 26.0 Å². The first-order chi connectivity index (χ1) is 11.6. The maximum absolute atomic E-state index is 11.8. The molecule has 0 radical (unpaired) electrons. The zero-order chi connectivity index (χ0) is 17.4. The van der Waals surface area contributed by atoms with E-state index in [0.717, 1.165) is 37.2 Å². The lowest BCUT2D eigenvalue weighted by Gasteiger charge is -2.23. The normalized spacial score (nSPS) is 11.0. The van der Waals surface area contributed by atoms with Gasteiger partial charge in [0.05, 0.1) is 6.21 Å². The molecule has 6 heteroatoms. The molecule has 1 aromatic heterocycles. The highest BCUT2D eigenvalue weighted by Gasteiger charge is 2.07. The minimum Gasteiger partial charge on any atom is -0.372 e. The molecule has 0 aliphatic carbocycles. The van der Waals surface area contributed by atoms with Crippen LogP contribution in [0.5, 0.6) is 0 Å². The average molecular weight is 327 g/mol. The van der Waals surface area contributed by atoms with E-state index in [1.165, 1.54) is 5.69 Å². The van der Waals surface area contributed by atoms with Crippen LogP contribution < -0.4 is 10.3 Å². The van der Waals surface area contributed by atoms with Gasteiger partial charge >= 0.3 is 0 Å². The maximum atomic E-state index is 11.8. The number of rotatable bonds is 8. The highest BCUT2D eigenvalue weighted by Crippen LogP contribution is 2.15. The second kappa shape index (κ2) is 8.86. The van der Waals surface area contributed by atoms with Crippen LogP contribution in [0.1, 0.15) is 48.4 Å². The number of aryl methyl sites for hydroxylation is 1. The van der Waals surface area contributed by atoms with Crippen LogP contribution in [-0.2, 0) is 0 Å². The van der Waals surface area contributed by atoms with Crippen molar-refractivity contribution < 1.29 is 4.79 Å². The van der Waals surface area contributed by atoms with Crippen molar-refractivity contribution in [2.45, 2.75) is 33.6 Å². The summed E-state index contributed by atoms with van der Waals surface area (Å²) in [6.45, 7) is 8.33. The Morgan fingerprint density at radius 3 is 2.46 bits per heavy atom. The van der Waals surface area contributed by atoms with Gasteiger partial charge in [-0.15, -0.1) is 0 Å². The summed E-state index contributed by atoms with van der Waals surface area (Å²) in [7, 11) is 0. The minimum absolute atomic E-state index is 0.328. The van der Waals surface area contributed by atoms with Crippen LogP contribution in [0.15, 0.2) is 35.4 Å². The number of H-pyrrole nitrogens is 1. The molecule has 0 fully saturated rings. The van der Waals surface area contributed by atoms with Gasteiger partial charge in [-0.25, -0.2) is 5.43 Å². The average Bonchev–Trinajstić information content (AvgIpc) is 3.02. The monoisotopic (exact) mass is 327 g/mol. The van der Waals surface area contributed by atoms with E-state index >= 15 is 0 Å². The Hall–Kier alpha value is -2.63. The van der Waals surface area contributed by atoms with Crippen molar-refractivity contribution in [3.8, 4) is 0 Å².